The fourth-order valence-electron chi connectivity index (χ4n) is 4.33. The minimum atomic E-state index is 0.777. The Labute approximate surface area is 152 Å². The Balaban J connectivity index is 1.80. The van der Waals surface area contributed by atoms with Crippen molar-refractivity contribution in [2.24, 2.45) is 0 Å². The van der Waals surface area contributed by atoms with E-state index in [2.05, 4.69) is 42.3 Å². The minimum absolute atomic E-state index is 0.777. The molecule has 0 aliphatic carbocycles. The molecule has 0 N–H and O–H groups in total. The number of fused-ring (bicyclic) bond motifs is 6. The molecule has 2 aliphatic heterocycles. The van der Waals surface area contributed by atoms with Crippen molar-refractivity contribution in [1.82, 2.24) is 0 Å². The van der Waals surface area contributed by atoms with Gasteiger partial charge in [-0.2, -0.15) is 0 Å². The molecule has 0 saturated heterocycles. The third kappa shape index (κ3) is 2.02. The molecule has 132 valence electrons. The molecule has 0 fully saturated rings. The Bertz CT molecular complexity index is 1040. The maximum Gasteiger partial charge on any atom is 0.166 e. The smallest absolute Gasteiger partial charge is 0.166 e. The molecule has 2 heterocycles. The van der Waals surface area contributed by atoms with Gasteiger partial charge in [0.1, 0.15) is 5.75 Å². The van der Waals surface area contributed by atoms with Crippen LogP contribution in [0.15, 0.2) is 36.4 Å². The first-order chi connectivity index (χ1) is 12.7. The fourth-order valence-corrected chi connectivity index (χ4v) is 4.33. The summed E-state index contributed by atoms with van der Waals surface area (Å²) in [4.78, 5) is 2.31. The van der Waals surface area contributed by atoms with E-state index in [1.54, 1.807) is 14.2 Å². The van der Waals surface area contributed by atoms with Crippen molar-refractivity contribution in [3.8, 4) is 28.4 Å². The molecule has 0 atom stereocenters. The van der Waals surface area contributed by atoms with Gasteiger partial charge in [-0.25, -0.2) is 0 Å². The molecule has 3 aromatic rings. The van der Waals surface area contributed by atoms with Crippen molar-refractivity contribution in [2.75, 3.05) is 32.8 Å². The second-order valence-electron chi connectivity index (χ2n) is 6.92. The van der Waals surface area contributed by atoms with Crippen molar-refractivity contribution in [1.29, 1.82) is 0 Å². The molecule has 4 heteroatoms. The molecule has 5 rings (SSSR count). The quantitative estimate of drug-likeness (QED) is 0.687. The maximum atomic E-state index is 5.75. The van der Waals surface area contributed by atoms with Crippen LogP contribution in [-0.2, 0) is 13.0 Å². The van der Waals surface area contributed by atoms with Crippen LogP contribution < -0.4 is 19.1 Å². The van der Waals surface area contributed by atoms with Crippen LogP contribution in [0.25, 0.3) is 21.9 Å². The molecule has 0 radical (unpaired) electrons. The lowest BCUT2D eigenvalue weighted by Gasteiger charge is -2.32. The molecule has 0 saturated carbocycles. The molecule has 0 aromatic heterocycles. The lowest BCUT2D eigenvalue weighted by Crippen LogP contribution is -2.22. The molecule has 4 nitrogen and oxygen atoms in total. The highest BCUT2D eigenvalue weighted by Gasteiger charge is 2.27. The summed E-state index contributed by atoms with van der Waals surface area (Å²) in [6.07, 6.45) is 0.986. The zero-order valence-electron chi connectivity index (χ0n) is 15.3. The summed E-state index contributed by atoms with van der Waals surface area (Å²) in [6, 6.07) is 13.0. The molecule has 0 spiro atoms. The first kappa shape index (κ1) is 15.4. The van der Waals surface area contributed by atoms with Crippen LogP contribution in [0.3, 0.4) is 0 Å². The topological polar surface area (TPSA) is 30.9 Å². The zero-order chi connectivity index (χ0) is 17.8. The van der Waals surface area contributed by atoms with Crippen LogP contribution >= 0.6 is 0 Å². The number of ether oxygens (including phenoxy) is 3. The predicted molar refractivity (Wildman–Crippen MR) is 104 cm³/mol. The lowest BCUT2D eigenvalue weighted by atomic mass is 9.89. The van der Waals surface area contributed by atoms with E-state index in [-0.39, 0.29) is 0 Å². The van der Waals surface area contributed by atoms with Gasteiger partial charge in [0.25, 0.3) is 0 Å². The van der Waals surface area contributed by atoms with Crippen molar-refractivity contribution < 1.29 is 14.2 Å². The molecular formula is C22H21NO3. The first-order valence-corrected chi connectivity index (χ1v) is 8.89. The van der Waals surface area contributed by atoms with Gasteiger partial charge in [-0.15, -0.1) is 0 Å². The summed E-state index contributed by atoms with van der Waals surface area (Å²) in [6.45, 7) is 1.57. The lowest BCUT2D eigenvalue weighted by molar-refractivity contribution is 0.351. The SMILES string of the molecule is COc1ccc2c(c1OC)CN(C)c1c-2ccc2cc3c(cc12)CCO3. The molecule has 0 unspecified atom stereocenters. The number of methoxy groups -OCH3 is 2. The van der Waals surface area contributed by atoms with Gasteiger partial charge in [-0.3, -0.25) is 0 Å². The molecule has 26 heavy (non-hydrogen) atoms. The van der Waals surface area contributed by atoms with E-state index in [1.807, 2.05) is 6.07 Å². The van der Waals surface area contributed by atoms with E-state index in [1.165, 1.54) is 38.7 Å². The van der Waals surface area contributed by atoms with Gasteiger partial charge in [0, 0.05) is 36.5 Å². The summed E-state index contributed by atoms with van der Waals surface area (Å²) >= 11 is 0. The maximum absolute atomic E-state index is 5.75. The van der Waals surface area contributed by atoms with Crippen LogP contribution in [-0.4, -0.2) is 27.9 Å². The van der Waals surface area contributed by atoms with Crippen molar-refractivity contribution in [3.05, 3.63) is 47.5 Å². The average molecular weight is 347 g/mol. The fraction of sp³-hybridized carbons (Fsp3) is 0.273. The minimum Gasteiger partial charge on any atom is -0.493 e. The second kappa shape index (κ2) is 5.56. The summed E-state index contributed by atoms with van der Waals surface area (Å²) in [5, 5.41) is 2.51. The number of benzene rings is 3. The summed E-state index contributed by atoms with van der Waals surface area (Å²) in [7, 11) is 5.53. The summed E-state index contributed by atoms with van der Waals surface area (Å²) in [5.41, 5.74) is 6.20. The van der Waals surface area contributed by atoms with Gasteiger partial charge in [-0.1, -0.05) is 12.1 Å². The van der Waals surface area contributed by atoms with Crippen LogP contribution in [0.4, 0.5) is 5.69 Å². The summed E-state index contributed by atoms with van der Waals surface area (Å²) < 4.78 is 16.9. The largest absolute Gasteiger partial charge is 0.493 e. The van der Waals surface area contributed by atoms with E-state index in [0.717, 1.165) is 36.8 Å². The number of hydrogen-bond acceptors (Lipinski definition) is 4. The Morgan fingerprint density at radius 2 is 1.85 bits per heavy atom. The number of rotatable bonds is 2. The zero-order valence-corrected chi connectivity index (χ0v) is 15.3. The first-order valence-electron chi connectivity index (χ1n) is 8.89. The van der Waals surface area contributed by atoms with Gasteiger partial charge < -0.3 is 19.1 Å². The van der Waals surface area contributed by atoms with E-state index >= 15 is 0 Å². The van der Waals surface area contributed by atoms with E-state index in [0.29, 0.717) is 0 Å². The van der Waals surface area contributed by atoms with Crippen LogP contribution in [0.2, 0.25) is 0 Å². The molecular weight excluding hydrogens is 326 g/mol. The number of anilines is 1. The Hall–Kier alpha value is -2.88. The monoisotopic (exact) mass is 347 g/mol. The Morgan fingerprint density at radius 3 is 2.65 bits per heavy atom. The Morgan fingerprint density at radius 1 is 1.00 bits per heavy atom. The van der Waals surface area contributed by atoms with E-state index < -0.39 is 0 Å². The van der Waals surface area contributed by atoms with Gasteiger partial charge >= 0.3 is 0 Å². The third-order valence-electron chi connectivity index (χ3n) is 5.52. The standard InChI is InChI=1S/C22H21NO3/c1-23-12-18-15(6-7-19(24-2)22(18)25-3)16-5-4-13-11-20-14(8-9-26-20)10-17(13)21(16)23/h4-7,10-11H,8-9,12H2,1-3H3. The van der Waals surface area contributed by atoms with Crippen molar-refractivity contribution in [2.45, 2.75) is 13.0 Å². The van der Waals surface area contributed by atoms with E-state index in [4.69, 9.17) is 14.2 Å². The van der Waals surface area contributed by atoms with Crippen molar-refractivity contribution in [3.63, 3.8) is 0 Å². The molecule has 0 amide bonds. The molecule has 0 bridgehead atoms. The number of hydrogen-bond donors (Lipinski definition) is 0. The average Bonchev–Trinajstić information content (AvgIpc) is 3.12. The predicted octanol–water partition coefficient (Wildman–Crippen LogP) is 4.41. The highest BCUT2D eigenvalue weighted by atomic mass is 16.5. The second-order valence-corrected chi connectivity index (χ2v) is 6.92. The van der Waals surface area contributed by atoms with Gasteiger partial charge in [0.15, 0.2) is 11.5 Å². The molecule has 3 aromatic carbocycles. The molecule has 2 aliphatic rings. The van der Waals surface area contributed by atoms with Gasteiger partial charge in [0.2, 0.25) is 0 Å². The Kier molecular flexibility index (Phi) is 3.29. The number of nitrogens with zero attached hydrogens (tertiary/aromatic N) is 1. The van der Waals surface area contributed by atoms with Crippen LogP contribution in [0.5, 0.6) is 17.2 Å². The summed E-state index contributed by atoms with van der Waals surface area (Å²) in [5.74, 6) is 2.63. The van der Waals surface area contributed by atoms with Crippen molar-refractivity contribution >= 4 is 16.5 Å². The van der Waals surface area contributed by atoms with Gasteiger partial charge in [0.05, 0.1) is 26.5 Å². The third-order valence-corrected chi connectivity index (χ3v) is 5.52. The highest BCUT2D eigenvalue weighted by molar-refractivity contribution is 6.05. The van der Waals surface area contributed by atoms with Crippen LogP contribution in [0.1, 0.15) is 11.1 Å². The normalized spacial score (nSPS) is 14.5. The van der Waals surface area contributed by atoms with E-state index in [9.17, 15) is 0 Å². The highest BCUT2D eigenvalue weighted by Crippen LogP contribution is 2.48. The van der Waals surface area contributed by atoms with Gasteiger partial charge in [-0.05, 0) is 40.8 Å². The van der Waals surface area contributed by atoms with Crippen LogP contribution in [0, 0.1) is 0 Å².